The van der Waals surface area contributed by atoms with Crippen LogP contribution in [0.15, 0.2) is 23.8 Å². The van der Waals surface area contributed by atoms with Crippen molar-refractivity contribution in [3.8, 4) is 0 Å². The van der Waals surface area contributed by atoms with E-state index in [9.17, 15) is 9.59 Å². The summed E-state index contributed by atoms with van der Waals surface area (Å²) >= 11 is 0. The molecule has 3 aliphatic heterocycles. The van der Waals surface area contributed by atoms with Gasteiger partial charge in [0.15, 0.2) is 5.60 Å². The Labute approximate surface area is 153 Å². The van der Waals surface area contributed by atoms with Gasteiger partial charge in [-0.1, -0.05) is 18.2 Å². The molecule has 6 heteroatoms. The summed E-state index contributed by atoms with van der Waals surface area (Å²) in [6.07, 6.45) is 3.10. The maximum Gasteiger partial charge on any atom is 0.341 e. The molecule has 3 fully saturated rings. The summed E-state index contributed by atoms with van der Waals surface area (Å²) < 4.78 is 22.8. The maximum absolute atomic E-state index is 12.6. The molecule has 4 aliphatic rings. The van der Waals surface area contributed by atoms with Crippen LogP contribution >= 0.6 is 0 Å². The Morgan fingerprint density at radius 3 is 2.69 bits per heavy atom. The van der Waals surface area contributed by atoms with Gasteiger partial charge in [-0.2, -0.15) is 0 Å². The molecule has 3 heterocycles. The molecule has 3 saturated heterocycles. The van der Waals surface area contributed by atoms with Crippen LogP contribution in [0.25, 0.3) is 0 Å². The van der Waals surface area contributed by atoms with E-state index in [1.807, 2.05) is 20.8 Å². The quantitative estimate of drug-likeness (QED) is 0.325. The van der Waals surface area contributed by atoms with Crippen LogP contribution in [0.1, 0.15) is 47.0 Å². The van der Waals surface area contributed by atoms with Crippen LogP contribution in [0.4, 0.5) is 0 Å². The van der Waals surface area contributed by atoms with E-state index in [-0.39, 0.29) is 17.8 Å². The molecular formula is C20H26O6. The molecule has 0 aromatic heterocycles. The summed E-state index contributed by atoms with van der Waals surface area (Å²) in [4.78, 5) is 24.9. The fraction of sp³-hybridized carbons (Fsp3) is 0.700. The molecule has 0 spiro atoms. The van der Waals surface area contributed by atoms with Crippen LogP contribution in [0, 0.1) is 5.92 Å². The minimum Gasteiger partial charge on any atom is -0.459 e. The number of ether oxygens (including phenoxy) is 4. The average Bonchev–Trinajstić information content (AvgIpc) is 3.37. The molecule has 0 aromatic rings. The van der Waals surface area contributed by atoms with Crippen molar-refractivity contribution in [3.05, 3.63) is 23.8 Å². The smallest absolute Gasteiger partial charge is 0.341 e. The number of rotatable bonds is 2. The van der Waals surface area contributed by atoms with Crippen LogP contribution in [0.2, 0.25) is 0 Å². The Morgan fingerprint density at radius 2 is 2.04 bits per heavy atom. The van der Waals surface area contributed by atoms with Crippen molar-refractivity contribution in [2.75, 3.05) is 0 Å². The molecule has 7 atom stereocenters. The molecular weight excluding hydrogens is 336 g/mol. The predicted molar refractivity (Wildman–Crippen MR) is 92.2 cm³/mol. The van der Waals surface area contributed by atoms with Gasteiger partial charge in [0, 0.05) is 12.0 Å². The van der Waals surface area contributed by atoms with E-state index in [1.165, 1.54) is 0 Å². The van der Waals surface area contributed by atoms with Crippen LogP contribution in [0.3, 0.4) is 0 Å². The molecule has 0 bridgehead atoms. The molecule has 0 radical (unpaired) electrons. The van der Waals surface area contributed by atoms with Gasteiger partial charge in [-0.25, -0.2) is 9.59 Å². The van der Waals surface area contributed by atoms with Crippen molar-refractivity contribution in [3.63, 3.8) is 0 Å². The van der Waals surface area contributed by atoms with Gasteiger partial charge in [0.05, 0.1) is 17.6 Å². The zero-order chi connectivity index (χ0) is 18.9. The molecule has 0 unspecified atom stereocenters. The number of carbonyl (C=O) groups is 2. The number of esters is 2. The van der Waals surface area contributed by atoms with Crippen molar-refractivity contribution in [1.29, 1.82) is 0 Å². The Bertz CT molecular complexity index is 711. The number of fused-ring (bicyclic) bond motifs is 3. The lowest BCUT2D eigenvalue weighted by Crippen LogP contribution is -2.40. The van der Waals surface area contributed by atoms with E-state index in [0.29, 0.717) is 12.0 Å². The van der Waals surface area contributed by atoms with E-state index >= 15 is 0 Å². The Kier molecular flexibility index (Phi) is 3.87. The van der Waals surface area contributed by atoms with Gasteiger partial charge in [-0.3, -0.25) is 0 Å². The SMILES string of the molecule is C=C1C(=O)O[C@@H]2[C@H]1[C@@H](OC(=O)[C@@]1(C)O[C@@H]1C)C/C(C)=C/CC[C@]1(C)O[C@H]21. The highest BCUT2D eigenvalue weighted by Crippen LogP contribution is 2.50. The van der Waals surface area contributed by atoms with Gasteiger partial charge >= 0.3 is 11.9 Å². The minimum atomic E-state index is -0.905. The van der Waals surface area contributed by atoms with E-state index in [0.717, 1.165) is 18.4 Å². The largest absolute Gasteiger partial charge is 0.459 e. The first-order chi connectivity index (χ1) is 12.2. The normalized spacial score (nSPS) is 49.2. The average molecular weight is 362 g/mol. The van der Waals surface area contributed by atoms with Crippen molar-refractivity contribution in [2.24, 2.45) is 5.92 Å². The molecule has 0 amide bonds. The van der Waals surface area contributed by atoms with Gasteiger partial charge < -0.3 is 18.9 Å². The number of hydrogen-bond donors (Lipinski definition) is 0. The zero-order valence-corrected chi connectivity index (χ0v) is 15.7. The number of allylic oxidation sites excluding steroid dienone is 1. The summed E-state index contributed by atoms with van der Waals surface area (Å²) in [7, 11) is 0. The summed E-state index contributed by atoms with van der Waals surface area (Å²) in [6, 6.07) is 0. The van der Waals surface area contributed by atoms with E-state index in [1.54, 1.807) is 6.92 Å². The first kappa shape index (κ1) is 17.7. The highest BCUT2D eigenvalue weighted by molar-refractivity contribution is 5.91. The van der Waals surface area contributed by atoms with Gasteiger partial charge in [-0.15, -0.1) is 0 Å². The third-order valence-corrected chi connectivity index (χ3v) is 6.36. The van der Waals surface area contributed by atoms with Crippen LogP contribution in [0.5, 0.6) is 0 Å². The summed E-state index contributed by atoms with van der Waals surface area (Å²) in [5.41, 5.74) is 0.259. The third kappa shape index (κ3) is 2.70. The van der Waals surface area contributed by atoms with Crippen LogP contribution in [-0.4, -0.2) is 47.6 Å². The highest BCUT2D eigenvalue weighted by atomic mass is 16.7. The third-order valence-electron chi connectivity index (χ3n) is 6.36. The zero-order valence-electron chi connectivity index (χ0n) is 15.7. The Morgan fingerprint density at radius 1 is 1.35 bits per heavy atom. The fourth-order valence-corrected chi connectivity index (χ4v) is 4.21. The second kappa shape index (κ2) is 5.67. The van der Waals surface area contributed by atoms with E-state index in [4.69, 9.17) is 18.9 Å². The van der Waals surface area contributed by atoms with Crippen molar-refractivity contribution < 1.29 is 28.5 Å². The lowest BCUT2D eigenvalue weighted by Gasteiger charge is -2.28. The monoisotopic (exact) mass is 362 g/mol. The molecule has 4 rings (SSSR count). The lowest BCUT2D eigenvalue weighted by atomic mass is 9.82. The molecule has 26 heavy (non-hydrogen) atoms. The van der Waals surface area contributed by atoms with Crippen molar-refractivity contribution in [1.82, 2.24) is 0 Å². The molecule has 0 N–H and O–H groups in total. The predicted octanol–water partition coefficient (Wildman–Crippen LogP) is 2.46. The molecule has 0 saturated carbocycles. The Hall–Kier alpha value is -1.66. The lowest BCUT2D eigenvalue weighted by molar-refractivity contribution is -0.158. The van der Waals surface area contributed by atoms with Crippen LogP contribution < -0.4 is 0 Å². The summed E-state index contributed by atoms with van der Waals surface area (Å²) in [6.45, 7) is 11.5. The van der Waals surface area contributed by atoms with E-state index < -0.39 is 35.7 Å². The number of carbonyl (C=O) groups excluding carboxylic acids is 2. The standard InChI is InChI=1S/C20H26O6/c1-10-7-6-8-19(4)16(26-19)15-14(11(2)17(21)24-15)13(9-10)23-18(22)20(5)12(3)25-20/h7,12-16H,2,6,8-9H2,1,3-5H3/b10-7+/t12-,13+,14-,15-,16-,19+,20+/m1/s1. The van der Waals surface area contributed by atoms with E-state index in [2.05, 4.69) is 12.7 Å². The first-order valence-electron chi connectivity index (χ1n) is 9.28. The Balaban J connectivity index is 1.64. The minimum absolute atomic E-state index is 0.165. The second-order valence-corrected chi connectivity index (χ2v) is 8.38. The maximum atomic E-state index is 12.6. The number of hydrogen-bond acceptors (Lipinski definition) is 6. The van der Waals surface area contributed by atoms with Gasteiger partial charge in [0.2, 0.25) is 0 Å². The number of epoxide rings is 2. The molecule has 142 valence electrons. The second-order valence-electron chi connectivity index (χ2n) is 8.38. The highest BCUT2D eigenvalue weighted by Gasteiger charge is 2.64. The molecule has 0 aromatic carbocycles. The van der Waals surface area contributed by atoms with Gasteiger partial charge in [0.25, 0.3) is 0 Å². The summed E-state index contributed by atoms with van der Waals surface area (Å²) in [5.74, 6) is -1.23. The molecule has 6 nitrogen and oxygen atoms in total. The first-order valence-corrected chi connectivity index (χ1v) is 9.28. The van der Waals surface area contributed by atoms with Crippen LogP contribution in [-0.2, 0) is 28.5 Å². The summed E-state index contributed by atoms with van der Waals surface area (Å²) in [5, 5.41) is 0. The van der Waals surface area contributed by atoms with Crippen molar-refractivity contribution >= 4 is 11.9 Å². The van der Waals surface area contributed by atoms with Crippen molar-refractivity contribution in [2.45, 2.75) is 82.6 Å². The fourth-order valence-electron chi connectivity index (χ4n) is 4.21. The topological polar surface area (TPSA) is 77.7 Å². The molecule has 1 aliphatic carbocycles. The van der Waals surface area contributed by atoms with Gasteiger partial charge in [0.1, 0.15) is 18.3 Å². The van der Waals surface area contributed by atoms with Gasteiger partial charge in [-0.05, 0) is 40.5 Å².